The summed E-state index contributed by atoms with van der Waals surface area (Å²) in [6, 6.07) is 3.90. The van der Waals surface area contributed by atoms with Crippen LogP contribution >= 0.6 is 44.5 Å². The normalized spacial score (nSPS) is 11.3. The van der Waals surface area contributed by atoms with Gasteiger partial charge in [0, 0.05) is 4.90 Å². The van der Waals surface area contributed by atoms with Gasteiger partial charge in [0.1, 0.15) is 0 Å². The maximum atomic E-state index is 12.5. The molecular formula is C9H5Br2F3S. The van der Waals surface area contributed by atoms with Crippen LogP contribution in [0.4, 0.5) is 13.2 Å². The van der Waals surface area contributed by atoms with Crippen LogP contribution in [0.5, 0.6) is 0 Å². The van der Waals surface area contributed by atoms with Gasteiger partial charge in [-0.05, 0) is 49.6 Å². The van der Waals surface area contributed by atoms with Gasteiger partial charge in [-0.15, -0.1) is 12.6 Å². The fraction of sp³-hybridized carbons (Fsp3) is 0.111. The second-order valence-corrected chi connectivity index (χ2v) is 5.90. The van der Waals surface area contributed by atoms with Crippen molar-refractivity contribution in [3.63, 3.8) is 0 Å². The largest absolute Gasteiger partial charge is 0.417 e. The molecule has 1 rings (SSSR count). The van der Waals surface area contributed by atoms with E-state index < -0.39 is 11.7 Å². The Morgan fingerprint density at radius 1 is 1.27 bits per heavy atom. The first-order valence-electron chi connectivity index (χ1n) is 3.74. The van der Waals surface area contributed by atoms with E-state index in [1.54, 1.807) is 6.07 Å². The molecule has 0 spiro atoms. The Kier molecular flexibility index (Phi) is 4.31. The van der Waals surface area contributed by atoms with Crippen molar-refractivity contribution in [3.05, 3.63) is 32.7 Å². The topological polar surface area (TPSA) is 0 Å². The zero-order chi connectivity index (χ0) is 11.6. The molecule has 0 aliphatic heterocycles. The molecule has 0 atom stereocenters. The number of halogens is 5. The van der Waals surface area contributed by atoms with E-state index in [1.165, 1.54) is 12.1 Å². The van der Waals surface area contributed by atoms with Gasteiger partial charge in [-0.3, -0.25) is 0 Å². The van der Waals surface area contributed by atoms with Crippen LogP contribution in [0.2, 0.25) is 0 Å². The van der Waals surface area contributed by atoms with Crippen LogP contribution in [0.1, 0.15) is 11.1 Å². The Balaban J connectivity index is 3.30. The van der Waals surface area contributed by atoms with Crippen molar-refractivity contribution >= 4 is 50.6 Å². The molecule has 0 heterocycles. The van der Waals surface area contributed by atoms with Crippen LogP contribution in [0, 0.1) is 0 Å². The lowest BCUT2D eigenvalue weighted by Gasteiger charge is -2.11. The molecule has 0 aliphatic carbocycles. The Labute approximate surface area is 107 Å². The lowest BCUT2D eigenvalue weighted by Crippen LogP contribution is -2.06. The molecule has 0 saturated carbocycles. The van der Waals surface area contributed by atoms with Gasteiger partial charge in [0.15, 0.2) is 0 Å². The molecule has 1 aromatic carbocycles. The lowest BCUT2D eigenvalue weighted by molar-refractivity contribution is -0.139. The first kappa shape index (κ1) is 13.1. The number of benzene rings is 1. The fourth-order valence-corrected chi connectivity index (χ4v) is 1.86. The van der Waals surface area contributed by atoms with Crippen molar-refractivity contribution in [3.8, 4) is 0 Å². The third-order valence-corrected chi connectivity index (χ3v) is 2.59. The molecule has 15 heavy (non-hydrogen) atoms. The molecule has 0 amide bonds. The first-order chi connectivity index (χ1) is 6.82. The highest BCUT2D eigenvalue weighted by Crippen LogP contribution is 2.36. The van der Waals surface area contributed by atoms with Crippen molar-refractivity contribution in [2.24, 2.45) is 0 Å². The van der Waals surface area contributed by atoms with E-state index >= 15 is 0 Å². The van der Waals surface area contributed by atoms with Crippen molar-refractivity contribution in [2.75, 3.05) is 0 Å². The Morgan fingerprint density at radius 2 is 1.87 bits per heavy atom. The summed E-state index contributed by atoms with van der Waals surface area (Å²) in [6.45, 7) is 0. The van der Waals surface area contributed by atoms with Crippen molar-refractivity contribution in [1.82, 2.24) is 0 Å². The summed E-state index contributed by atoms with van der Waals surface area (Å²) < 4.78 is 38.0. The zero-order valence-electron chi connectivity index (χ0n) is 7.15. The van der Waals surface area contributed by atoms with Crippen LogP contribution in [0.15, 0.2) is 26.5 Å². The van der Waals surface area contributed by atoms with Gasteiger partial charge >= 0.3 is 6.18 Å². The number of rotatable bonds is 1. The van der Waals surface area contributed by atoms with Gasteiger partial charge in [0.25, 0.3) is 0 Å². The third kappa shape index (κ3) is 3.53. The highest BCUT2D eigenvalue weighted by atomic mass is 79.9. The van der Waals surface area contributed by atoms with Gasteiger partial charge in [-0.25, -0.2) is 0 Å². The third-order valence-electron chi connectivity index (χ3n) is 1.64. The standard InChI is InChI=1S/C9H5Br2F3S/c10-7(11)4-5-2-1-3-6(8(5)15)9(12,13)14/h1-4,15H. The van der Waals surface area contributed by atoms with Crippen molar-refractivity contribution in [2.45, 2.75) is 11.1 Å². The molecule has 0 radical (unpaired) electrons. The fourth-order valence-electron chi connectivity index (χ4n) is 1.02. The Hall–Kier alpha value is 0.0600. The molecule has 0 N–H and O–H groups in total. The van der Waals surface area contributed by atoms with E-state index in [-0.39, 0.29) is 4.90 Å². The highest BCUT2D eigenvalue weighted by Gasteiger charge is 2.33. The number of thiol groups is 1. The van der Waals surface area contributed by atoms with Crippen LogP contribution in [0.25, 0.3) is 6.08 Å². The van der Waals surface area contributed by atoms with Crippen LogP contribution < -0.4 is 0 Å². The monoisotopic (exact) mass is 360 g/mol. The van der Waals surface area contributed by atoms with E-state index in [0.717, 1.165) is 6.07 Å². The molecule has 0 nitrogen and oxygen atoms in total. The number of hydrogen-bond acceptors (Lipinski definition) is 1. The number of alkyl halides is 3. The average Bonchev–Trinajstić information content (AvgIpc) is 2.05. The van der Waals surface area contributed by atoms with Gasteiger partial charge in [0.2, 0.25) is 0 Å². The zero-order valence-corrected chi connectivity index (χ0v) is 11.2. The van der Waals surface area contributed by atoms with Gasteiger partial charge < -0.3 is 0 Å². The van der Waals surface area contributed by atoms with E-state index in [1.807, 2.05) is 0 Å². The van der Waals surface area contributed by atoms with E-state index in [0.29, 0.717) is 8.96 Å². The minimum absolute atomic E-state index is 0.0820. The predicted octanol–water partition coefficient (Wildman–Crippen LogP) is 5.08. The van der Waals surface area contributed by atoms with E-state index in [2.05, 4.69) is 44.5 Å². The first-order valence-corrected chi connectivity index (χ1v) is 5.77. The smallest absolute Gasteiger partial charge is 0.166 e. The van der Waals surface area contributed by atoms with Crippen molar-refractivity contribution in [1.29, 1.82) is 0 Å². The quantitative estimate of drug-likeness (QED) is 0.662. The van der Waals surface area contributed by atoms with E-state index in [4.69, 9.17) is 0 Å². The molecule has 82 valence electrons. The molecule has 0 fully saturated rings. The predicted molar refractivity (Wildman–Crippen MR) is 64.5 cm³/mol. The molecule has 0 bridgehead atoms. The maximum Gasteiger partial charge on any atom is 0.417 e. The Morgan fingerprint density at radius 3 is 2.33 bits per heavy atom. The second-order valence-electron chi connectivity index (χ2n) is 2.68. The second kappa shape index (κ2) is 4.93. The van der Waals surface area contributed by atoms with Crippen LogP contribution in [-0.4, -0.2) is 0 Å². The minimum Gasteiger partial charge on any atom is -0.166 e. The highest BCUT2D eigenvalue weighted by molar-refractivity contribution is 9.28. The molecule has 1 aromatic rings. The SMILES string of the molecule is FC(F)(F)c1cccc(C=C(Br)Br)c1S. The summed E-state index contributed by atoms with van der Waals surface area (Å²) in [6.07, 6.45) is -2.86. The van der Waals surface area contributed by atoms with Gasteiger partial charge in [0.05, 0.1) is 8.96 Å². The van der Waals surface area contributed by atoms with Crippen LogP contribution in [0.3, 0.4) is 0 Å². The van der Waals surface area contributed by atoms with E-state index in [9.17, 15) is 13.2 Å². The molecule has 0 saturated heterocycles. The van der Waals surface area contributed by atoms with Gasteiger partial charge in [-0.1, -0.05) is 12.1 Å². The summed E-state index contributed by atoms with van der Waals surface area (Å²) in [5.41, 5.74) is -0.335. The summed E-state index contributed by atoms with van der Waals surface area (Å²) in [5, 5.41) is 0. The molecule has 0 aromatic heterocycles. The minimum atomic E-state index is -4.38. The van der Waals surface area contributed by atoms with Crippen LogP contribution in [-0.2, 0) is 6.18 Å². The summed E-state index contributed by atoms with van der Waals surface area (Å²) in [4.78, 5) is -0.0820. The lowest BCUT2D eigenvalue weighted by atomic mass is 10.1. The molecule has 6 heteroatoms. The molecular weight excluding hydrogens is 357 g/mol. The summed E-state index contributed by atoms with van der Waals surface area (Å²) in [7, 11) is 0. The van der Waals surface area contributed by atoms with Gasteiger partial charge in [-0.2, -0.15) is 13.2 Å². The van der Waals surface area contributed by atoms with Crippen molar-refractivity contribution < 1.29 is 13.2 Å². The number of hydrogen-bond donors (Lipinski definition) is 1. The average molecular weight is 362 g/mol. The summed E-state index contributed by atoms with van der Waals surface area (Å²) in [5.74, 6) is 0. The summed E-state index contributed by atoms with van der Waals surface area (Å²) >= 11 is 10.0. The maximum absolute atomic E-state index is 12.5. The molecule has 0 unspecified atom stereocenters. The Bertz CT molecular complexity index is 395. The molecule has 0 aliphatic rings.